The van der Waals surface area contributed by atoms with Crippen LogP contribution in [0.25, 0.3) is 0 Å². The van der Waals surface area contributed by atoms with E-state index in [2.05, 4.69) is 22.6 Å². The standard InChI is InChI=1S/C13H14Cl2INO/c14-8-9-3-5-17(6-4-9)13(18)11-7-10(15)1-2-12(11)16/h1-2,7,9H,3-6,8H2. The minimum atomic E-state index is 0.0786. The highest BCUT2D eigenvalue weighted by atomic mass is 127. The molecule has 1 saturated heterocycles. The molecule has 1 aliphatic rings. The van der Waals surface area contributed by atoms with Gasteiger partial charge in [0.2, 0.25) is 0 Å². The van der Waals surface area contributed by atoms with Gasteiger partial charge in [0, 0.05) is 27.6 Å². The number of rotatable bonds is 2. The van der Waals surface area contributed by atoms with Crippen LogP contribution in [0.3, 0.4) is 0 Å². The molecular formula is C13H14Cl2INO. The molecule has 0 N–H and O–H groups in total. The second-order valence-electron chi connectivity index (χ2n) is 4.51. The second kappa shape index (κ2) is 6.44. The number of hydrogen-bond acceptors (Lipinski definition) is 1. The van der Waals surface area contributed by atoms with Gasteiger partial charge in [0.05, 0.1) is 5.56 Å². The van der Waals surface area contributed by atoms with E-state index in [4.69, 9.17) is 23.2 Å². The molecule has 0 aliphatic carbocycles. The summed E-state index contributed by atoms with van der Waals surface area (Å²) in [5.41, 5.74) is 0.701. The average Bonchev–Trinajstić information content (AvgIpc) is 2.41. The Morgan fingerprint density at radius 3 is 2.67 bits per heavy atom. The normalized spacial score (nSPS) is 16.9. The van der Waals surface area contributed by atoms with Crippen LogP contribution in [0.15, 0.2) is 18.2 Å². The summed E-state index contributed by atoms with van der Waals surface area (Å²) >= 11 is 14.0. The van der Waals surface area contributed by atoms with Crippen LogP contribution in [0.4, 0.5) is 0 Å². The molecule has 2 nitrogen and oxygen atoms in total. The molecule has 18 heavy (non-hydrogen) atoms. The van der Waals surface area contributed by atoms with Crippen LogP contribution in [0, 0.1) is 9.49 Å². The lowest BCUT2D eigenvalue weighted by Crippen LogP contribution is -2.39. The van der Waals surface area contributed by atoms with Crippen LogP contribution in [-0.4, -0.2) is 29.8 Å². The van der Waals surface area contributed by atoms with Crippen LogP contribution < -0.4 is 0 Å². The van der Waals surface area contributed by atoms with Crippen LogP contribution in [0.1, 0.15) is 23.2 Å². The molecule has 1 aromatic carbocycles. The van der Waals surface area contributed by atoms with Crippen molar-refractivity contribution in [2.24, 2.45) is 5.92 Å². The fourth-order valence-corrected chi connectivity index (χ4v) is 3.17. The lowest BCUT2D eigenvalue weighted by molar-refractivity contribution is 0.0697. The molecular weight excluding hydrogens is 384 g/mol. The summed E-state index contributed by atoms with van der Waals surface area (Å²) in [6.07, 6.45) is 1.98. The number of carbonyl (C=O) groups excluding carboxylic acids is 1. The SMILES string of the molecule is O=C(c1cc(Cl)ccc1I)N1CCC(CCl)CC1. The van der Waals surface area contributed by atoms with Crippen LogP contribution in [0.2, 0.25) is 5.02 Å². The number of amides is 1. The van der Waals surface area contributed by atoms with E-state index in [9.17, 15) is 4.79 Å². The first kappa shape index (κ1) is 14.4. The molecule has 0 unspecified atom stereocenters. The highest BCUT2D eigenvalue weighted by Gasteiger charge is 2.24. The van der Waals surface area contributed by atoms with E-state index in [1.165, 1.54) is 0 Å². The van der Waals surface area contributed by atoms with Gasteiger partial charge in [-0.1, -0.05) is 11.6 Å². The van der Waals surface area contributed by atoms with Gasteiger partial charge in [-0.05, 0) is 59.5 Å². The van der Waals surface area contributed by atoms with Crippen molar-refractivity contribution in [2.75, 3.05) is 19.0 Å². The predicted octanol–water partition coefficient (Wildman–Crippen LogP) is 4.04. The molecule has 1 amide bonds. The van der Waals surface area contributed by atoms with E-state index >= 15 is 0 Å². The summed E-state index contributed by atoms with van der Waals surface area (Å²) in [7, 11) is 0. The Morgan fingerprint density at radius 1 is 1.39 bits per heavy atom. The fourth-order valence-electron chi connectivity index (χ4n) is 2.12. The van der Waals surface area contributed by atoms with E-state index in [1.54, 1.807) is 12.1 Å². The lowest BCUT2D eigenvalue weighted by Gasteiger charge is -2.31. The number of benzene rings is 1. The molecule has 0 radical (unpaired) electrons. The first-order valence-electron chi connectivity index (χ1n) is 5.92. The monoisotopic (exact) mass is 397 g/mol. The Hall–Kier alpha value is -0.000000000000000111. The Kier molecular flexibility index (Phi) is 5.15. The van der Waals surface area contributed by atoms with E-state index in [-0.39, 0.29) is 5.91 Å². The summed E-state index contributed by atoms with van der Waals surface area (Å²) in [4.78, 5) is 14.3. The van der Waals surface area contributed by atoms with Gasteiger partial charge in [0.25, 0.3) is 5.91 Å². The lowest BCUT2D eigenvalue weighted by atomic mass is 9.98. The summed E-state index contributed by atoms with van der Waals surface area (Å²) in [6.45, 7) is 1.58. The van der Waals surface area contributed by atoms with Crippen LogP contribution in [0.5, 0.6) is 0 Å². The maximum absolute atomic E-state index is 12.4. The molecule has 98 valence electrons. The van der Waals surface area contributed by atoms with E-state index in [0.717, 1.165) is 29.5 Å². The van der Waals surface area contributed by atoms with E-state index in [0.29, 0.717) is 22.4 Å². The smallest absolute Gasteiger partial charge is 0.254 e. The number of piperidine rings is 1. The molecule has 1 fully saturated rings. The topological polar surface area (TPSA) is 20.3 Å². The van der Waals surface area contributed by atoms with Crippen LogP contribution >= 0.6 is 45.8 Å². The minimum absolute atomic E-state index is 0.0786. The molecule has 1 aromatic rings. The molecule has 0 bridgehead atoms. The summed E-state index contributed by atoms with van der Waals surface area (Å²) in [5.74, 6) is 1.32. The Morgan fingerprint density at radius 2 is 2.06 bits per heavy atom. The third-order valence-electron chi connectivity index (χ3n) is 3.28. The van der Waals surface area contributed by atoms with Crippen molar-refractivity contribution in [3.05, 3.63) is 32.4 Å². The van der Waals surface area contributed by atoms with Gasteiger partial charge in [0.1, 0.15) is 0 Å². The molecule has 5 heteroatoms. The van der Waals surface area contributed by atoms with Crippen molar-refractivity contribution in [1.82, 2.24) is 4.90 Å². The van der Waals surface area contributed by atoms with Crippen LogP contribution in [-0.2, 0) is 0 Å². The maximum Gasteiger partial charge on any atom is 0.254 e. The Balaban J connectivity index is 2.10. The Labute approximate surface area is 131 Å². The van der Waals surface area contributed by atoms with Gasteiger partial charge in [-0.15, -0.1) is 11.6 Å². The van der Waals surface area contributed by atoms with Crippen molar-refractivity contribution in [3.8, 4) is 0 Å². The summed E-state index contributed by atoms with van der Waals surface area (Å²) in [5, 5.41) is 0.606. The van der Waals surface area contributed by atoms with Crippen molar-refractivity contribution in [1.29, 1.82) is 0 Å². The minimum Gasteiger partial charge on any atom is -0.339 e. The van der Waals surface area contributed by atoms with Crippen molar-refractivity contribution < 1.29 is 4.79 Å². The Bertz CT molecular complexity index is 445. The molecule has 2 rings (SSSR count). The zero-order valence-corrected chi connectivity index (χ0v) is 13.5. The summed E-state index contributed by atoms with van der Waals surface area (Å²) in [6, 6.07) is 5.43. The number of halogens is 3. The molecule has 1 heterocycles. The molecule has 0 atom stereocenters. The zero-order chi connectivity index (χ0) is 13.1. The molecule has 0 saturated carbocycles. The van der Waals surface area contributed by atoms with Gasteiger partial charge in [-0.3, -0.25) is 4.79 Å². The van der Waals surface area contributed by atoms with Crippen molar-refractivity contribution in [2.45, 2.75) is 12.8 Å². The first-order valence-corrected chi connectivity index (χ1v) is 7.91. The van der Waals surface area contributed by atoms with E-state index in [1.807, 2.05) is 11.0 Å². The number of hydrogen-bond donors (Lipinski definition) is 0. The molecule has 0 aromatic heterocycles. The average molecular weight is 398 g/mol. The number of likely N-dealkylation sites (tertiary alicyclic amines) is 1. The van der Waals surface area contributed by atoms with Gasteiger partial charge < -0.3 is 4.90 Å². The number of carbonyl (C=O) groups is 1. The first-order chi connectivity index (χ1) is 8.61. The highest BCUT2D eigenvalue weighted by Crippen LogP contribution is 2.23. The van der Waals surface area contributed by atoms with Gasteiger partial charge in [-0.2, -0.15) is 0 Å². The molecule has 1 aliphatic heterocycles. The van der Waals surface area contributed by atoms with E-state index < -0.39 is 0 Å². The quantitative estimate of drug-likeness (QED) is 0.544. The highest BCUT2D eigenvalue weighted by molar-refractivity contribution is 14.1. The second-order valence-corrected chi connectivity index (χ2v) is 6.42. The third-order valence-corrected chi connectivity index (χ3v) is 4.89. The van der Waals surface area contributed by atoms with Gasteiger partial charge >= 0.3 is 0 Å². The van der Waals surface area contributed by atoms with Crippen molar-refractivity contribution in [3.63, 3.8) is 0 Å². The maximum atomic E-state index is 12.4. The van der Waals surface area contributed by atoms with Gasteiger partial charge in [0.15, 0.2) is 0 Å². The summed E-state index contributed by atoms with van der Waals surface area (Å²) < 4.78 is 0.946. The predicted molar refractivity (Wildman–Crippen MR) is 83.5 cm³/mol. The zero-order valence-electron chi connectivity index (χ0n) is 9.83. The van der Waals surface area contributed by atoms with Gasteiger partial charge in [-0.25, -0.2) is 0 Å². The number of nitrogens with zero attached hydrogens (tertiary/aromatic N) is 1. The third kappa shape index (κ3) is 3.31. The van der Waals surface area contributed by atoms with Crippen molar-refractivity contribution >= 4 is 51.7 Å². The molecule has 0 spiro atoms. The fraction of sp³-hybridized carbons (Fsp3) is 0.462. The largest absolute Gasteiger partial charge is 0.339 e. The number of alkyl halides is 1.